The molecule has 0 aromatic heterocycles. The van der Waals surface area contributed by atoms with Crippen LogP contribution in [0.15, 0.2) is 18.2 Å². The summed E-state index contributed by atoms with van der Waals surface area (Å²) in [6.07, 6.45) is 0.627. The maximum absolute atomic E-state index is 12.6. The van der Waals surface area contributed by atoms with E-state index in [1.807, 2.05) is 33.8 Å². The molecular formula is C18H24N2O4. The van der Waals surface area contributed by atoms with Crippen molar-refractivity contribution in [3.63, 3.8) is 0 Å². The van der Waals surface area contributed by atoms with E-state index in [-0.39, 0.29) is 24.3 Å². The molecule has 6 heteroatoms. The topological polar surface area (TPSA) is 75.7 Å². The molecule has 0 spiro atoms. The van der Waals surface area contributed by atoms with Gasteiger partial charge in [0, 0.05) is 17.5 Å². The highest BCUT2D eigenvalue weighted by Crippen LogP contribution is 2.33. The Labute approximate surface area is 142 Å². The second-order valence-electron chi connectivity index (χ2n) is 5.85. The number of piperidine rings is 1. The highest BCUT2D eigenvalue weighted by Gasteiger charge is 2.40. The first-order chi connectivity index (χ1) is 11.5. The Kier molecular flexibility index (Phi) is 5.59. The lowest BCUT2D eigenvalue weighted by Crippen LogP contribution is -2.52. The number of hydrogen-bond acceptors (Lipinski definition) is 4. The van der Waals surface area contributed by atoms with Gasteiger partial charge in [-0.1, -0.05) is 19.9 Å². The summed E-state index contributed by atoms with van der Waals surface area (Å²) >= 11 is 0. The summed E-state index contributed by atoms with van der Waals surface area (Å²) in [6, 6.07) is 4.77. The summed E-state index contributed by atoms with van der Waals surface area (Å²) < 4.78 is 5.75. The normalized spacial score (nSPS) is 19.6. The first kappa shape index (κ1) is 18.0. The maximum atomic E-state index is 12.6. The Bertz CT molecular complexity index is 654. The van der Waals surface area contributed by atoms with Crippen LogP contribution in [0.1, 0.15) is 56.5 Å². The van der Waals surface area contributed by atoms with Gasteiger partial charge in [-0.3, -0.25) is 19.7 Å². The SMILES string of the molecule is CC.CC(C)Oc1cccc2c1CN(C1CCC(=O)NC1=O)C2=O. The summed E-state index contributed by atoms with van der Waals surface area (Å²) in [6.45, 7) is 8.19. The predicted molar refractivity (Wildman–Crippen MR) is 89.6 cm³/mol. The van der Waals surface area contributed by atoms with Gasteiger partial charge in [-0.05, 0) is 32.4 Å². The number of rotatable bonds is 3. The lowest BCUT2D eigenvalue weighted by atomic mass is 10.0. The number of hydrogen-bond donors (Lipinski definition) is 1. The molecule has 6 nitrogen and oxygen atoms in total. The highest BCUT2D eigenvalue weighted by molar-refractivity contribution is 6.05. The van der Waals surface area contributed by atoms with Crippen LogP contribution in [0, 0.1) is 0 Å². The van der Waals surface area contributed by atoms with Crippen molar-refractivity contribution in [2.75, 3.05) is 0 Å². The molecule has 0 radical (unpaired) electrons. The van der Waals surface area contributed by atoms with E-state index in [9.17, 15) is 14.4 Å². The van der Waals surface area contributed by atoms with Crippen molar-refractivity contribution in [3.8, 4) is 5.75 Å². The average Bonchev–Trinajstić information content (AvgIpc) is 2.87. The number of amides is 3. The molecule has 0 bridgehead atoms. The fourth-order valence-corrected chi connectivity index (χ4v) is 2.92. The monoisotopic (exact) mass is 332 g/mol. The number of ether oxygens (including phenoxy) is 1. The summed E-state index contributed by atoms with van der Waals surface area (Å²) in [5.74, 6) is -0.188. The van der Waals surface area contributed by atoms with Crippen molar-refractivity contribution in [1.29, 1.82) is 0 Å². The van der Waals surface area contributed by atoms with E-state index < -0.39 is 11.9 Å². The van der Waals surface area contributed by atoms with Gasteiger partial charge in [-0.25, -0.2) is 0 Å². The van der Waals surface area contributed by atoms with E-state index in [1.54, 1.807) is 12.1 Å². The van der Waals surface area contributed by atoms with Gasteiger partial charge in [-0.15, -0.1) is 0 Å². The molecule has 3 amide bonds. The minimum Gasteiger partial charge on any atom is -0.491 e. The Morgan fingerprint density at radius 3 is 2.54 bits per heavy atom. The number of nitrogens with zero attached hydrogens (tertiary/aromatic N) is 1. The maximum Gasteiger partial charge on any atom is 0.255 e. The third-order valence-corrected chi connectivity index (χ3v) is 3.90. The summed E-state index contributed by atoms with van der Waals surface area (Å²) in [5, 5.41) is 2.30. The average molecular weight is 332 g/mol. The molecule has 0 saturated carbocycles. The van der Waals surface area contributed by atoms with Gasteiger partial charge in [-0.2, -0.15) is 0 Å². The Balaban J connectivity index is 0.00000100. The molecule has 2 heterocycles. The van der Waals surface area contributed by atoms with E-state index >= 15 is 0 Å². The predicted octanol–water partition coefficient (Wildman–Crippen LogP) is 2.26. The second kappa shape index (κ2) is 7.47. The molecule has 130 valence electrons. The van der Waals surface area contributed by atoms with E-state index in [2.05, 4.69) is 5.32 Å². The van der Waals surface area contributed by atoms with Gasteiger partial charge in [0.05, 0.1) is 12.6 Å². The van der Waals surface area contributed by atoms with Crippen LogP contribution < -0.4 is 10.1 Å². The smallest absolute Gasteiger partial charge is 0.255 e. The van der Waals surface area contributed by atoms with Gasteiger partial charge < -0.3 is 9.64 Å². The lowest BCUT2D eigenvalue weighted by Gasteiger charge is -2.29. The van der Waals surface area contributed by atoms with Crippen molar-refractivity contribution in [3.05, 3.63) is 29.3 Å². The van der Waals surface area contributed by atoms with E-state index in [0.717, 1.165) is 5.56 Å². The summed E-state index contributed by atoms with van der Waals surface area (Å²) in [7, 11) is 0. The van der Waals surface area contributed by atoms with Crippen LogP contribution in [-0.2, 0) is 16.1 Å². The number of benzene rings is 1. The molecule has 1 fully saturated rings. The number of carbonyl (C=O) groups excluding carboxylic acids is 3. The highest BCUT2D eigenvalue weighted by atomic mass is 16.5. The largest absolute Gasteiger partial charge is 0.491 e. The molecule has 1 aromatic carbocycles. The second-order valence-corrected chi connectivity index (χ2v) is 5.85. The molecule has 1 unspecified atom stereocenters. The van der Waals surface area contributed by atoms with Gasteiger partial charge in [0.2, 0.25) is 11.8 Å². The van der Waals surface area contributed by atoms with Crippen LogP contribution in [0.3, 0.4) is 0 Å². The summed E-state index contributed by atoms with van der Waals surface area (Å²) in [4.78, 5) is 37.3. The quantitative estimate of drug-likeness (QED) is 0.862. The van der Waals surface area contributed by atoms with Crippen molar-refractivity contribution < 1.29 is 19.1 Å². The molecular weight excluding hydrogens is 308 g/mol. The van der Waals surface area contributed by atoms with E-state index in [1.165, 1.54) is 4.90 Å². The standard InChI is InChI=1S/C16H18N2O4.C2H6/c1-9(2)22-13-5-3-4-10-11(13)8-18(16(10)21)12-6-7-14(19)17-15(12)20;1-2/h3-5,9,12H,6-8H2,1-2H3,(H,17,19,20);1-2H3. The van der Waals surface area contributed by atoms with Gasteiger partial charge in [0.25, 0.3) is 5.91 Å². The minimum atomic E-state index is -0.593. The van der Waals surface area contributed by atoms with Gasteiger partial charge >= 0.3 is 0 Å². The van der Waals surface area contributed by atoms with Gasteiger partial charge in [0.15, 0.2) is 0 Å². The number of imide groups is 1. The van der Waals surface area contributed by atoms with Crippen molar-refractivity contribution in [2.24, 2.45) is 0 Å². The molecule has 3 rings (SSSR count). The number of nitrogens with one attached hydrogen (secondary N) is 1. The van der Waals surface area contributed by atoms with Crippen LogP contribution in [0.2, 0.25) is 0 Å². The van der Waals surface area contributed by atoms with Crippen LogP contribution in [0.5, 0.6) is 5.75 Å². The zero-order valence-electron chi connectivity index (χ0n) is 14.6. The van der Waals surface area contributed by atoms with Crippen molar-refractivity contribution >= 4 is 17.7 Å². The zero-order valence-corrected chi connectivity index (χ0v) is 14.6. The molecule has 1 saturated heterocycles. The van der Waals surface area contributed by atoms with Gasteiger partial charge in [0.1, 0.15) is 11.8 Å². The first-order valence-electron chi connectivity index (χ1n) is 8.40. The zero-order chi connectivity index (χ0) is 17.9. The Morgan fingerprint density at radius 2 is 1.92 bits per heavy atom. The molecule has 24 heavy (non-hydrogen) atoms. The fourth-order valence-electron chi connectivity index (χ4n) is 2.92. The van der Waals surface area contributed by atoms with E-state index in [0.29, 0.717) is 24.3 Å². The molecule has 2 aliphatic rings. The molecule has 2 aliphatic heterocycles. The Morgan fingerprint density at radius 1 is 1.21 bits per heavy atom. The van der Waals surface area contributed by atoms with Crippen molar-refractivity contribution in [2.45, 2.75) is 59.2 Å². The molecule has 1 N–H and O–H groups in total. The lowest BCUT2D eigenvalue weighted by molar-refractivity contribution is -0.136. The Hall–Kier alpha value is -2.37. The molecule has 1 aromatic rings. The fraction of sp³-hybridized carbons (Fsp3) is 0.500. The minimum absolute atomic E-state index is 0.00579. The van der Waals surface area contributed by atoms with Crippen LogP contribution in [-0.4, -0.2) is 34.8 Å². The third-order valence-electron chi connectivity index (χ3n) is 3.90. The van der Waals surface area contributed by atoms with Crippen LogP contribution in [0.4, 0.5) is 0 Å². The molecule has 1 atom stereocenters. The van der Waals surface area contributed by atoms with E-state index in [4.69, 9.17) is 4.74 Å². The first-order valence-corrected chi connectivity index (χ1v) is 8.40. The number of carbonyl (C=O) groups is 3. The van der Waals surface area contributed by atoms with Crippen molar-refractivity contribution in [1.82, 2.24) is 10.2 Å². The third kappa shape index (κ3) is 3.42. The van der Waals surface area contributed by atoms with Crippen LogP contribution in [0.25, 0.3) is 0 Å². The summed E-state index contributed by atoms with van der Waals surface area (Å²) in [5.41, 5.74) is 1.38. The molecule has 0 aliphatic carbocycles. The number of fused-ring (bicyclic) bond motifs is 1. The van der Waals surface area contributed by atoms with Crippen LogP contribution >= 0.6 is 0 Å².